The number of phenolic OH excluding ortho intramolecular Hbond substituents is 1. The van der Waals surface area contributed by atoms with E-state index in [0.29, 0.717) is 26.0 Å². The second kappa shape index (κ2) is 6.32. The predicted octanol–water partition coefficient (Wildman–Crippen LogP) is 2.79. The van der Waals surface area contributed by atoms with Crippen molar-refractivity contribution in [1.29, 1.82) is 0 Å². The summed E-state index contributed by atoms with van der Waals surface area (Å²) in [6.45, 7) is 3.06. The Kier molecular flexibility index (Phi) is 4.24. The second-order valence-electron chi connectivity index (χ2n) is 6.10. The van der Waals surface area contributed by atoms with Crippen molar-refractivity contribution in [3.63, 3.8) is 0 Å². The molecule has 1 unspecified atom stereocenters. The van der Waals surface area contributed by atoms with Crippen molar-refractivity contribution < 1.29 is 14.6 Å². The first-order chi connectivity index (χ1) is 11.1. The van der Waals surface area contributed by atoms with Gasteiger partial charge in [0.25, 0.3) is 0 Å². The van der Waals surface area contributed by atoms with Gasteiger partial charge in [0.15, 0.2) is 0 Å². The summed E-state index contributed by atoms with van der Waals surface area (Å²) in [7, 11) is 0. The summed E-state index contributed by atoms with van der Waals surface area (Å²) >= 11 is 0. The van der Waals surface area contributed by atoms with Crippen LogP contribution in [0, 0.1) is 0 Å². The molecule has 2 aromatic rings. The molecule has 0 fully saturated rings. The zero-order valence-electron chi connectivity index (χ0n) is 13.2. The lowest BCUT2D eigenvalue weighted by Gasteiger charge is -2.34. The summed E-state index contributed by atoms with van der Waals surface area (Å²) in [5, 5.41) is 12.5. The smallest absolute Gasteiger partial charge is 0.230 e. The number of phenols is 1. The summed E-state index contributed by atoms with van der Waals surface area (Å²) in [6, 6.07) is 14.8. The molecule has 0 saturated heterocycles. The Morgan fingerprint density at radius 3 is 2.91 bits per heavy atom. The Balaban J connectivity index is 1.66. The van der Waals surface area contributed by atoms with Crippen LogP contribution in [0.3, 0.4) is 0 Å². The van der Waals surface area contributed by atoms with Gasteiger partial charge in [0.1, 0.15) is 11.5 Å². The minimum absolute atomic E-state index is 0.0217. The topological polar surface area (TPSA) is 58.6 Å². The van der Waals surface area contributed by atoms with E-state index in [0.717, 1.165) is 16.9 Å². The van der Waals surface area contributed by atoms with E-state index in [2.05, 4.69) is 5.32 Å². The molecule has 0 saturated carbocycles. The Morgan fingerprint density at radius 2 is 2.09 bits per heavy atom. The van der Waals surface area contributed by atoms with Crippen LogP contribution >= 0.6 is 0 Å². The number of benzene rings is 2. The lowest BCUT2D eigenvalue weighted by Crippen LogP contribution is -2.45. The highest BCUT2D eigenvalue weighted by molar-refractivity contribution is 5.88. The van der Waals surface area contributed by atoms with Gasteiger partial charge in [0.2, 0.25) is 5.91 Å². The third-order valence-corrected chi connectivity index (χ3v) is 4.45. The van der Waals surface area contributed by atoms with Crippen LogP contribution in [0.15, 0.2) is 48.5 Å². The van der Waals surface area contributed by atoms with Crippen molar-refractivity contribution >= 4 is 5.91 Å². The maximum atomic E-state index is 12.7. The van der Waals surface area contributed by atoms with Crippen LogP contribution in [-0.4, -0.2) is 24.2 Å². The molecule has 0 bridgehead atoms. The van der Waals surface area contributed by atoms with Crippen molar-refractivity contribution in [2.45, 2.75) is 25.2 Å². The van der Waals surface area contributed by atoms with E-state index in [4.69, 9.17) is 4.74 Å². The van der Waals surface area contributed by atoms with Crippen LogP contribution in [0.1, 0.15) is 24.5 Å². The van der Waals surface area contributed by atoms with E-state index in [1.54, 1.807) is 12.1 Å². The van der Waals surface area contributed by atoms with Crippen molar-refractivity contribution in [2.24, 2.45) is 0 Å². The summed E-state index contributed by atoms with van der Waals surface area (Å²) in [6.07, 6.45) is 1.36. The summed E-state index contributed by atoms with van der Waals surface area (Å²) in [5.74, 6) is 1.07. The zero-order valence-corrected chi connectivity index (χ0v) is 13.2. The minimum atomic E-state index is -0.562. The first kappa shape index (κ1) is 15.4. The maximum absolute atomic E-state index is 12.7. The third kappa shape index (κ3) is 3.16. The number of carbonyl (C=O) groups is 1. The molecule has 2 N–H and O–H groups in total. The number of para-hydroxylation sites is 1. The molecule has 0 radical (unpaired) electrons. The Hall–Kier alpha value is -2.49. The van der Waals surface area contributed by atoms with Gasteiger partial charge >= 0.3 is 0 Å². The molecule has 1 amide bonds. The predicted molar refractivity (Wildman–Crippen MR) is 88.7 cm³/mol. The summed E-state index contributed by atoms with van der Waals surface area (Å²) < 4.78 is 5.65. The van der Waals surface area contributed by atoms with Crippen LogP contribution in [0.25, 0.3) is 0 Å². The number of hydrogen-bond acceptors (Lipinski definition) is 3. The Bertz CT molecular complexity index is 713. The molecule has 0 aliphatic carbocycles. The monoisotopic (exact) mass is 311 g/mol. The van der Waals surface area contributed by atoms with Crippen molar-refractivity contribution in [3.05, 3.63) is 59.7 Å². The molecule has 4 nitrogen and oxygen atoms in total. The molecule has 1 aliphatic heterocycles. The highest BCUT2D eigenvalue weighted by Crippen LogP contribution is 2.38. The van der Waals surface area contributed by atoms with Crippen molar-refractivity contribution in [1.82, 2.24) is 5.32 Å². The van der Waals surface area contributed by atoms with Crippen molar-refractivity contribution in [2.75, 3.05) is 13.2 Å². The molecule has 1 heterocycles. The number of amides is 1. The Morgan fingerprint density at radius 1 is 1.26 bits per heavy atom. The average molecular weight is 311 g/mol. The SMILES string of the molecule is CC1(C(=O)NCCc2cccc(O)c2)CCOc2ccccc21. The standard InChI is InChI=1S/C19H21NO3/c1-19(10-12-23-17-8-3-2-7-16(17)19)18(22)20-11-9-14-5-4-6-15(21)13-14/h2-8,13,21H,9-12H2,1H3,(H,20,22). The van der Waals surface area contributed by atoms with Gasteiger partial charge < -0.3 is 15.2 Å². The molecule has 0 spiro atoms. The van der Waals surface area contributed by atoms with Gasteiger partial charge in [-0.1, -0.05) is 30.3 Å². The molecule has 1 aliphatic rings. The van der Waals surface area contributed by atoms with E-state index in [-0.39, 0.29) is 11.7 Å². The number of aromatic hydroxyl groups is 1. The minimum Gasteiger partial charge on any atom is -0.508 e. The lowest BCUT2D eigenvalue weighted by molar-refractivity contribution is -0.127. The zero-order chi connectivity index (χ0) is 16.3. The fourth-order valence-corrected chi connectivity index (χ4v) is 3.01. The third-order valence-electron chi connectivity index (χ3n) is 4.45. The van der Waals surface area contributed by atoms with Gasteiger partial charge in [-0.05, 0) is 43.5 Å². The average Bonchev–Trinajstić information content (AvgIpc) is 2.55. The first-order valence-electron chi connectivity index (χ1n) is 7.88. The molecule has 1 atom stereocenters. The number of hydrogen-bond donors (Lipinski definition) is 2. The highest BCUT2D eigenvalue weighted by Gasteiger charge is 2.39. The van der Waals surface area contributed by atoms with Gasteiger partial charge in [-0.3, -0.25) is 4.79 Å². The van der Waals surface area contributed by atoms with E-state index < -0.39 is 5.41 Å². The molecule has 120 valence electrons. The largest absolute Gasteiger partial charge is 0.508 e. The van der Waals surface area contributed by atoms with E-state index >= 15 is 0 Å². The molecular weight excluding hydrogens is 290 g/mol. The normalized spacial score (nSPS) is 19.5. The van der Waals surface area contributed by atoms with Crippen molar-refractivity contribution in [3.8, 4) is 11.5 Å². The summed E-state index contributed by atoms with van der Waals surface area (Å²) in [5.41, 5.74) is 1.39. The quantitative estimate of drug-likeness (QED) is 0.913. The van der Waals surface area contributed by atoms with Crippen LogP contribution in [0.5, 0.6) is 11.5 Å². The van der Waals surface area contributed by atoms with E-state index in [9.17, 15) is 9.90 Å². The van der Waals surface area contributed by atoms with Gasteiger partial charge in [-0.15, -0.1) is 0 Å². The maximum Gasteiger partial charge on any atom is 0.230 e. The van der Waals surface area contributed by atoms with Crippen LogP contribution in [0.4, 0.5) is 0 Å². The number of rotatable bonds is 4. The first-order valence-corrected chi connectivity index (χ1v) is 7.88. The molecule has 0 aromatic heterocycles. The molecular formula is C19H21NO3. The lowest BCUT2D eigenvalue weighted by atomic mass is 9.77. The van der Waals surface area contributed by atoms with E-state index in [1.807, 2.05) is 43.3 Å². The fraction of sp³-hybridized carbons (Fsp3) is 0.316. The molecule has 2 aromatic carbocycles. The summed E-state index contributed by atoms with van der Waals surface area (Å²) in [4.78, 5) is 12.7. The number of fused-ring (bicyclic) bond motifs is 1. The number of nitrogens with one attached hydrogen (secondary N) is 1. The van der Waals surface area contributed by atoms with Crippen LogP contribution in [0.2, 0.25) is 0 Å². The van der Waals surface area contributed by atoms with Crippen LogP contribution in [-0.2, 0) is 16.6 Å². The molecule has 3 rings (SSSR count). The fourth-order valence-electron chi connectivity index (χ4n) is 3.01. The number of carbonyl (C=O) groups excluding carboxylic acids is 1. The van der Waals surface area contributed by atoms with Gasteiger partial charge in [-0.2, -0.15) is 0 Å². The molecule has 4 heteroatoms. The number of ether oxygens (including phenoxy) is 1. The Labute approximate surface area is 136 Å². The second-order valence-corrected chi connectivity index (χ2v) is 6.10. The van der Waals surface area contributed by atoms with E-state index in [1.165, 1.54) is 0 Å². The van der Waals surface area contributed by atoms with Gasteiger partial charge in [0.05, 0.1) is 12.0 Å². The highest BCUT2D eigenvalue weighted by atomic mass is 16.5. The van der Waals surface area contributed by atoms with Gasteiger partial charge in [0, 0.05) is 12.1 Å². The molecule has 23 heavy (non-hydrogen) atoms. The van der Waals surface area contributed by atoms with Crippen LogP contribution < -0.4 is 10.1 Å². The van der Waals surface area contributed by atoms with Gasteiger partial charge in [-0.25, -0.2) is 0 Å².